The second-order valence-electron chi connectivity index (χ2n) is 4.33. The van der Waals surface area contributed by atoms with E-state index in [4.69, 9.17) is 0 Å². The van der Waals surface area contributed by atoms with Crippen LogP contribution in [0.2, 0.25) is 0 Å². The fraction of sp³-hybridized carbons (Fsp3) is 0.889. The fourth-order valence-electron chi connectivity index (χ4n) is 1.69. The van der Waals surface area contributed by atoms with Gasteiger partial charge in [-0.2, -0.15) is 0 Å². The SMILES string of the molecule is CC1(CN2CCC(Br)C2=O)CC1. The number of hydrogen-bond donors (Lipinski definition) is 0. The van der Waals surface area contributed by atoms with Gasteiger partial charge in [0, 0.05) is 13.1 Å². The number of halogens is 1. The lowest BCUT2D eigenvalue weighted by Gasteiger charge is -2.19. The summed E-state index contributed by atoms with van der Waals surface area (Å²) in [6.07, 6.45) is 3.57. The third kappa shape index (κ3) is 1.51. The summed E-state index contributed by atoms with van der Waals surface area (Å²) in [5.74, 6) is 0.295. The summed E-state index contributed by atoms with van der Waals surface area (Å²) < 4.78 is 0. The van der Waals surface area contributed by atoms with Gasteiger partial charge in [0.15, 0.2) is 0 Å². The molecule has 2 rings (SSSR count). The molecule has 1 aliphatic carbocycles. The number of carbonyl (C=O) groups is 1. The predicted octanol–water partition coefficient (Wildman–Crippen LogP) is 1.78. The Bertz CT molecular complexity index is 213. The standard InChI is InChI=1S/C9H14BrNO/c1-9(3-4-9)6-11-5-2-7(10)8(11)12/h7H,2-6H2,1H3. The van der Waals surface area contributed by atoms with E-state index in [0.717, 1.165) is 19.5 Å². The molecular weight excluding hydrogens is 218 g/mol. The minimum Gasteiger partial charge on any atom is -0.341 e. The topological polar surface area (TPSA) is 20.3 Å². The zero-order chi connectivity index (χ0) is 8.77. The van der Waals surface area contributed by atoms with Gasteiger partial charge in [-0.25, -0.2) is 0 Å². The van der Waals surface area contributed by atoms with Crippen LogP contribution in [0.5, 0.6) is 0 Å². The Morgan fingerprint density at radius 1 is 1.67 bits per heavy atom. The van der Waals surface area contributed by atoms with Crippen LogP contribution >= 0.6 is 15.9 Å². The summed E-state index contributed by atoms with van der Waals surface area (Å²) in [4.78, 5) is 13.6. The average Bonchev–Trinajstić information content (AvgIpc) is 2.68. The van der Waals surface area contributed by atoms with Crippen molar-refractivity contribution < 1.29 is 4.79 Å². The number of alkyl halides is 1. The lowest BCUT2D eigenvalue weighted by Crippen LogP contribution is -2.32. The maximum absolute atomic E-state index is 11.5. The summed E-state index contributed by atoms with van der Waals surface area (Å²) in [7, 11) is 0. The van der Waals surface area contributed by atoms with Crippen LogP contribution in [0.15, 0.2) is 0 Å². The van der Waals surface area contributed by atoms with Gasteiger partial charge in [0.1, 0.15) is 0 Å². The highest BCUT2D eigenvalue weighted by Crippen LogP contribution is 2.46. The third-order valence-electron chi connectivity index (χ3n) is 2.91. The molecule has 1 saturated heterocycles. The Morgan fingerprint density at radius 2 is 2.33 bits per heavy atom. The lowest BCUT2D eigenvalue weighted by molar-refractivity contribution is -0.127. The van der Waals surface area contributed by atoms with Crippen molar-refractivity contribution in [3.8, 4) is 0 Å². The van der Waals surface area contributed by atoms with Gasteiger partial charge in [0.2, 0.25) is 5.91 Å². The van der Waals surface area contributed by atoms with Crippen molar-refractivity contribution in [3.63, 3.8) is 0 Å². The van der Waals surface area contributed by atoms with Crippen LogP contribution < -0.4 is 0 Å². The Balaban J connectivity index is 1.93. The summed E-state index contributed by atoms with van der Waals surface area (Å²) in [6.45, 7) is 4.19. The van der Waals surface area contributed by atoms with Crippen molar-refractivity contribution in [2.45, 2.75) is 31.0 Å². The first-order valence-corrected chi connectivity index (χ1v) is 5.45. The smallest absolute Gasteiger partial charge is 0.236 e. The summed E-state index contributed by atoms with van der Waals surface area (Å²) in [5.41, 5.74) is 0.465. The molecule has 1 saturated carbocycles. The third-order valence-corrected chi connectivity index (χ3v) is 3.76. The molecule has 12 heavy (non-hydrogen) atoms. The second kappa shape index (κ2) is 2.72. The maximum atomic E-state index is 11.5. The van der Waals surface area contributed by atoms with Crippen molar-refractivity contribution in [1.82, 2.24) is 4.90 Å². The van der Waals surface area contributed by atoms with Crippen molar-refractivity contribution in [2.24, 2.45) is 5.41 Å². The molecule has 1 aliphatic heterocycles. The molecule has 0 radical (unpaired) electrons. The molecule has 68 valence electrons. The normalized spacial score (nSPS) is 32.7. The summed E-state index contributed by atoms with van der Waals surface area (Å²) in [5, 5.41) is 0. The van der Waals surface area contributed by atoms with Crippen LogP contribution in [0.4, 0.5) is 0 Å². The molecule has 1 heterocycles. The molecule has 2 nitrogen and oxygen atoms in total. The van der Waals surface area contributed by atoms with Gasteiger partial charge in [0.25, 0.3) is 0 Å². The van der Waals surface area contributed by atoms with Gasteiger partial charge in [0.05, 0.1) is 4.83 Å². The average molecular weight is 232 g/mol. The Hall–Kier alpha value is -0.0500. The molecule has 0 spiro atoms. The molecule has 2 fully saturated rings. The highest BCUT2D eigenvalue weighted by molar-refractivity contribution is 9.10. The van der Waals surface area contributed by atoms with E-state index < -0.39 is 0 Å². The van der Waals surface area contributed by atoms with E-state index in [0.29, 0.717) is 11.3 Å². The van der Waals surface area contributed by atoms with E-state index in [9.17, 15) is 4.79 Å². The molecule has 1 unspecified atom stereocenters. The van der Waals surface area contributed by atoms with E-state index in [2.05, 4.69) is 22.9 Å². The van der Waals surface area contributed by atoms with E-state index in [-0.39, 0.29) is 4.83 Å². The zero-order valence-corrected chi connectivity index (χ0v) is 8.93. The lowest BCUT2D eigenvalue weighted by atomic mass is 10.1. The first-order chi connectivity index (χ1) is 5.61. The molecule has 2 aliphatic rings. The number of rotatable bonds is 2. The molecule has 1 amide bonds. The van der Waals surface area contributed by atoms with Crippen molar-refractivity contribution >= 4 is 21.8 Å². The Morgan fingerprint density at radius 3 is 2.75 bits per heavy atom. The van der Waals surface area contributed by atoms with Crippen LogP contribution in [0.1, 0.15) is 26.2 Å². The van der Waals surface area contributed by atoms with Gasteiger partial charge in [-0.3, -0.25) is 4.79 Å². The molecule has 0 bridgehead atoms. The monoisotopic (exact) mass is 231 g/mol. The van der Waals surface area contributed by atoms with Crippen molar-refractivity contribution in [3.05, 3.63) is 0 Å². The fourth-order valence-corrected chi connectivity index (χ4v) is 2.18. The molecule has 3 heteroatoms. The maximum Gasteiger partial charge on any atom is 0.236 e. The molecule has 1 atom stereocenters. The molecule has 0 aromatic rings. The quantitative estimate of drug-likeness (QED) is 0.664. The van der Waals surface area contributed by atoms with Crippen LogP contribution in [-0.4, -0.2) is 28.7 Å². The van der Waals surface area contributed by atoms with E-state index in [1.54, 1.807) is 0 Å². The van der Waals surface area contributed by atoms with E-state index in [1.807, 2.05) is 4.90 Å². The van der Waals surface area contributed by atoms with Gasteiger partial charge in [-0.05, 0) is 24.7 Å². The van der Waals surface area contributed by atoms with Crippen LogP contribution in [-0.2, 0) is 4.79 Å². The van der Waals surface area contributed by atoms with Gasteiger partial charge >= 0.3 is 0 Å². The van der Waals surface area contributed by atoms with Gasteiger partial charge in [-0.15, -0.1) is 0 Å². The highest BCUT2D eigenvalue weighted by Gasteiger charge is 2.42. The Kier molecular flexibility index (Phi) is 1.94. The Labute approximate surface area is 81.4 Å². The first-order valence-electron chi connectivity index (χ1n) is 4.54. The van der Waals surface area contributed by atoms with E-state index >= 15 is 0 Å². The van der Waals surface area contributed by atoms with Crippen molar-refractivity contribution in [2.75, 3.05) is 13.1 Å². The molecular formula is C9H14BrNO. The van der Waals surface area contributed by atoms with Crippen LogP contribution in [0, 0.1) is 5.41 Å². The first kappa shape index (κ1) is 8.54. The number of hydrogen-bond acceptors (Lipinski definition) is 1. The van der Waals surface area contributed by atoms with Crippen LogP contribution in [0.3, 0.4) is 0 Å². The summed E-state index contributed by atoms with van der Waals surface area (Å²) >= 11 is 3.38. The number of likely N-dealkylation sites (tertiary alicyclic amines) is 1. The zero-order valence-electron chi connectivity index (χ0n) is 7.35. The minimum atomic E-state index is 0.0971. The number of amides is 1. The number of carbonyl (C=O) groups excluding carboxylic acids is 1. The molecule has 0 aromatic heterocycles. The summed E-state index contributed by atoms with van der Waals surface area (Å²) in [6, 6.07) is 0. The van der Waals surface area contributed by atoms with E-state index in [1.165, 1.54) is 12.8 Å². The number of nitrogens with zero attached hydrogens (tertiary/aromatic N) is 1. The van der Waals surface area contributed by atoms with Gasteiger partial charge in [-0.1, -0.05) is 22.9 Å². The predicted molar refractivity (Wildman–Crippen MR) is 51.3 cm³/mol. The van der Waals surface area contributed by atoms with Crippen LogP contribution in [0.25, 0.3) is 0 Å². The molecule has 0 aromatic carbocycles. The molecule has 0 N–H and O–H groups in total. The highest BCUT2D eigenvalue weighted by atomic mass is 79.9. The van der Waals surface area contributed by atoms with Gasteiger partial charge < -0.3 is 4.90 Å². The largest absolute Gasteiger partial charge is 0.341 e. The minimum absolute atomic E-state index is 0.0971. The van der Waals surface area contributed by atoms with Crippen molar-refractivity contribution in [1.29, 1.82) is 0 Å². The second-order valence-corrected chi connectivity index (χ2v) is 5.43.